The molecule has 0 bridgehead atoms. The minimum Gasteiger partial charge on any atom is -0.462 e. The number of rotatable bonds is 5. The highest BCUT2D eigenvalue weighted by Gasteiger charge is 2.57. The fourth-order valence-corrected chi connectivity index (χ4v) is 2.62. The van der Waals surface area contributed by atoms with Gasteiger partial charge in [-0.15, -0.1) is 0 Å². The first kappa shape index (κ1) is 17.5. The molecule has 0 radical (unpaired) electrons. The summed E-state index contributed by atoms with van der Waals surface area (Å²) in [6.45, 7) is 5.64. The molecule has 128 valence electrons. The van der Waals surface area contributed by atoms with E-state index in [1.54, 1.807) is 13.8 Å². The highest BCUT2D eigenvalue weighted by Crippen LogP contribution is 2.40. The average Bonchev–Trinajstić information content (AvgIpc) is 2.88. The van der Waals surface area contributed by atoms with Gasteiger partial charge in [-0.3, -0.25) is 9.59 Å². The Hall–Kier alpha value is -1.87. The van der Waals surface area contributed by atoms with Gasteiger partial charge in [-0.05, 0) is 19.4 Å². The first-order valence-electron chi connectivity index (χ1n) is 7.09. The number of nitrogens with zero attached hydrogens (tertiary/aromatic N) is 3. The van der Waals surface area contributed by atoms with Gasteiger partial charge in [0.2, 0.25) is 0 Å². The maximum Gasteiger partial charge on any atom is 0.303 e. The molecule has 2 aliphatic rings. The van der Waals surface area contributed by atoms with Crippen molar-refractivity contribution in [3.05, 3.63) is 10.4 Å². The quantitative estimate of drug-likeness (QED) is 0.319. The van der Waals surface area contributed by atoms with Crippen molar-refractivity contribution < 1.29 is 33.3 Å². The van der Waals surface area contributed by atoms with Crippen LogP contribution in [0.4, 0.5) is 0 Å². The highest BCUT2D eigenvalue weighted by molar-refractivity contribution is 5.67. The van der Waals surface area contributed by atoms with E-state index in [9.17, 15) is 9.59 Å². The summed E-state index contributed by atoms with van der Waals surface area (Å²) in [5.74, 6) is -1.99. The molecule has 0 saturated carbocycles. The van der Waals surface area contributed by atoms with E-state index in [2.05, 4.69) is 10.0 Å². The van der Waals surface area contributed by atoms with Crippen LogP contribution in [-0.2, 0) is 33.3 Å². The van der Waals surface area contributed by atoms with Crippen LogP contribution in [-0.4, -0.2) is 55.0 Å². The first-order valence-corrected chi connectivity index (χ1v) is 7.09. The smallest absolute Gasteiger partial charge is 0.303 e. The average molecular weight is 329 g/mol. The Morgan fingerprint density at radius 3 is 2.57 bits per heavy atom. The van der Waals surface area contributed by atoms with Crippen LogP contribution in [0.3, 0.4) is 0 Å². The van der Waals surface area contributed by atoms with Crippen LogP contribution >= 0.6 is 0 Å². The second kappa shape index (κ2) is 6.71. The summed E-state index contributed by atoms with van der Waals surface area (Å²) in [5, 5.41) is 3.69. The molecule has 2 heterocycles. The molecule has 0 unspecified atom stereocenters. The van der Waals surface area contributed by atoms with Gasteiger partial charge in [0, 0.05) is 18.8 Å². The molecule has 2 aliphatic heterocycles. The minimum absolute atomic E-state index is 0.222. The van der Waals surface area contributed by atoms with Gasteiger partial charge < -0.3 is 23.7 Å². The van der Waals surface area contributed by atoms with E-state index in [-0.39, 0.29) is 6.61 Å². The summed E-state index contributed by atoms with van der Waals surface area (Å²) >= 11 is 0. The number of azide groups is 1. The molecule has 5 atom stereocenters. The second-order valence-corrected chi connectivity index (χ2v) is 5.72. The summed E-state index contributed by atoms with van der Waals surface area (Å²) < 4.78 is 27.0. The molecule has 0 aromatic rings. The van der Waals surface area contributed by atoms with Gasteiger partial charge in [0.05, 0.1) is 6.04 Å². The van der Waals surface area contributed by atoms with Crippen molar-refractivity contribution in [2.24, 2.45) is 5.11 Å². The summed E-state index contributed by atoms with van der Waals surface area (Å²) in [4.78, 5) is 25.1. The molecule has 0 spiro atoms. The molecule has 23 heavy (non-hydrogen) atoms. The Morgan fingerprint density at radius 1 is 1.30 bits per heavy atom. The van der Waals surface area contributed by atoms with Crippen molar-refractivity contribution in [3.8, 4) is 0 Å². The molecule has 0 N–H and O–H groups in total. The summed E-state index contributed by atoms with van der Waals surface area (Å²) in [5.41, 5.74) is 8.79. The molecule has 0 aliphatic carbocycles. The van der Waals surface area contributed by atoms with Crippen molar-refractivity contribution in [1.29, 1.82) is 0 Å². The number of ether oxygens (including phenoxy) is 5. The van der Waals surface area contributed by atoms with Crippen LogP contribution in [0.15, 0.2) is 5.11 Å². The third-order valence-corrected chi connectivity index (χ3v) is 3.37. The summed E-state index contributed by atoms with van der Waals surface area (Å²) in [6, 6.07) is -0.785. The van der Waals surface area contributed by atoms with E-state index in [1.807, 2.05) is 0 Å². The number of fused-ring (bicyclic) bond motifs is 1. The molecule has 2 rings (SSSR count). The SMILES string of the molecule is CC(=O)OC[C@H](OC(C)=O)[C@H]1O[C@@H]2OC(C)(C)O[C@@H]2[C@H]1N=[N+]=[N-]. The number of esters is 2. The van der Waals surface area contributed by atoms with Gasteiger partial charge >= 0.3 is 11.9 Å². The van der Waals surface area contributed by atoms with E-state index in [4.69, 9.17) is 29.2 Å². The van der Waals surface area contributed by atoms with E-state index in [1.165, 1.54) is 13.8 Å². The lowest BCUT2D eigenvalue weighted by atomic mass is 10.0. The Labute approximate surface area is 132 Å². The monoisotopic (exact) mass is 329 g/mol. The molecule has 10 heteroatoms. The van der Waals surface area contributed by atoms with Crippen molar-refractivity contribution in [2.75, 3.05) is 6.61 Å². The van der Waals surface area contributed by atoms with Crippen LogP contribution in [0, 0.1) is 0 Å². The normalized spacial score (nSPS) is 32.5. The summed E-state index contributed by atoms with van der Waals surface area (Å²) in [7, 11) is 0. The standard InChI is InChI=1S/C13H19N3O7/c1-6(17)19-5-8(20-7(2)18)10-9(15-16-14)11-12(21-10)23-13(3,4)22-11/h8-12H,5H2,1-4H3/t8-,9-,10+,11+,12+/m0/s1. The first-order chi connectivity index (χ1) is 10.7. The van der Waals surface area contributed by atoms with E-state index in [0.29, 0.717) is 0 Å². The number of carbonyl (C=O) groups excluding carboxylic acids is 2. The minimum atomic E-state index is -0.937. The van der Waals surface area contributed by atoms with Crippen molar-refractivity contribution in [2.45, 2.75) is 64.1 Å². The predicted molar refractivity (Wildman–Crippen MR) is 73.8 cm³/mol. The van der Waals surface area contributed by atoms with Crippen molar-refractivity contribution in [1.82, 2.24) is 0 Å². The second-order valence-electron chi connectivity index (χ2n) is 5.72. The molecular formula is C13H19N3O7. The van der Waals surface area contributed by atoms with Crippen LogP contribution in [0.5, 0.6) is 0 Å². The molecule has 2 fully saturated rings. The van der Waals surface area contributed by atoms with Gasteiger partial charge in [-0.2, -0.15) is 0 Å². The largest absolute Gasteiger partial charge is 0.462 e. The molecule has 10 nitrogen and oxygen atoms in total. The zero-order valence-electron chi connectivity index (χ0n) is 13.3. The third-order valence-electron chi connectivity index (χ3n) is 3.37. The van der Waals surface area contributed by atoms with Gasteiger partial charge in [-0.25, -0.2) is 0 Å². The molecule has 0 aromatic heterocycles. The lowest BCUT2D eigenvalue weighted by Gasteiger charge is -2.28. The van der Waals surface area contributed by atoms with Crippen molar-refractivity contribution >= 4 is 11.9 Å². The van der Waals surface area contributed by atoms with Crippen LogP contribution < -0.4 is 0 Å². The Kier molecular flexibility index (Phi) is 5.10. The van der Waals surface area contributed by atoms with Crippen LogP contribution in [0.1, 0.15) is 27.7 Å². The van der Waals surface area contributed by atoms with Gasteiger partial charge in [0.1, 0.15) is 18.8 Å². The fourth-order valence-electron chi connectivity index (χ4n) is 2.62. The molecule has 0 aromatic carbocycles. The number of hydrogen-bond donors (Lipinski definition) is 0. The zero-order valence-corrected chi connectivity index (χ0v) is 13.3. The zero-order chi connectivity index (χ0) is 17.2. The lowest BCUT2D eigenvalue weighted by molar-refractivity contribution is -0.221. The molecule has 2 saturated heterocycles. The molecule has 0 amide bonds. The predicted octanol–water partition coefficient (Wildman–Crippen LogP) is 1.04. The number of hydrogen-bond acceptors (Lipinski definition) is 8. The van der Waals surface area contributed by atoms with Crippen LogP contribution in [0.2, 0.25) is 0 Å². The Balaban J connectivity index is 2.18. The Morgan fingerprint density at radius 2 is 2.00 bits per heavy atom. The Bertz CT molecular complexity index is 532. The maximum absolute atomic E-state index is 11.3. The van der Waals surface area contributed by atoms with Crippen LogP contribution in [0.25, 0.3) is 10.4 Å². The third kappa shape index (κ3) is 4.11. The van der Waals surface area contributed by atoms with Gasteiger partial charge in [0.25, 0.3) is 0 Å². The van der Waals surface area contributed by atoms with Gasteiger partial charge in [-0.1, -0.05) is 5.11 Å². The summed E-state index contributed by atoms with van der Waals surface area (Å²) in [6.07, 6.45) is -3.18. The number of carbonyl (C=O) groups is 2. The van der Waals surface area contributed by atoms with E-state index in [0.717, 1.165) is 0 Å². The fraction of sp³-hybridized carbons (Fsp3) is 0.846. The topological polar surface area (TPSA) is 129 Å². The highest BCUT2D eigenvalue weighted by atomic mass is 16.8. The maximum atomic E-state index is 11.3. The van der Waals surface area contributed by atoms with E-state index >= 15 is 0 Å². The van der Waals surface area contributed by atoms with E-state index < -0.39 is 48.4 Å². The molecular weight excluding hydrogens is 310 g/mol. The van der Waals surface area contributed by atoms with Gasteiger partial charge in [0.15, 0.2) is 18.2 Å². The lowest BCUT2D eigenvalue weighted by Crippen LogP contribution is -2.44. The van der Waals surface area contributed by atoms with Crippen molar-refractivity contribution in [3.63, 3.8) is 0 Å².